The lowest BCUT2D eigenvalue weighted by Gasteiger charge is -1.98. The van der Waals surface area contributed by atoms with Crippen LogP contribution >= 0.6 is 0 Å². The number of rotatable bonds is 2. The summed E-state index contributed by atoms with van der Waals surface area (Å²) in [5, 5.41) is 10.4. The quantitative estimate of drug-likeness (QED) is 0.691. The van der Waals surface area contributed by atoms with E-state index >= 15 is 0 Å². The van der Waals surface area contributed by atoms with E-state index in [4.69, 9.17) is 5.73 Å². The number of aromatic nitrogens is 4. The van der Waals surface area contributed by atoms with Crippen molar-refractivity contribution in [1.82, 2.24) is 19.5 Å². The van der Waals surface area contributed by atoms with Gasteiger partial charge in [-0.2, -0.15) is 0 Å². The first-order valence-corrected chi connectivity index (χ1v) is 3.82. The van der Waals surface area contributed by atoms with E-state index < -0.39 is 0 Å². The first-order valence-electron chi connectivity index (χ1n) is 3.82. The third kappa shape index (κ3) is 1.20. The molecule has 0 aliphatic carbocycles. The molecule has 1 radical (unpaired) electrons. The van der Waals surface area contributed by atoms with Crippen LogP contribution in [0.25, 0.3) is 11.2 Å². The molecular formula is C7H8N5O. The maximum atomic E-state index is 10.4. The first kappa shape index (κ1) is 7.93. The minimum atomic E-state index is -0.199. The average molecular weight is 178 g/mol. The summed E-state index contributed by atoms with van der Waals surface area (Å²) in [5.74, 6) is 0.342. The number of nitrogens with zero attached hydrogens (tertiary/aromatic N) is 4. The predicted molar refractivity (Wildman–Crippen MR) is 45.3 cm³/mol. The zero-order valence-corrected chi connectivity index (χ0v) is 6.84. The molecule has 0 saturated carbocycles. The van der Waals surface area contributed by atoms with Crippen molar-refractivity contribution >= 4 is 17.0 Å². The Morgan fingerprint density at radius 1 is 1.38 bits per heavy atom. The number of nitrogens with two attached hydrogens (primary N) is 1. The zero-order chi connectivity index (χ0) is 9.26. The second-order valence-corrected chi connectivity index (χ2v) is 2.57. The van der Waals surface area contributed by atoms with Gasteiger partial charge < -0.3 is 10.3 Å². The van der Waals surface area contributed by atoms with E-state index in [1.54, 1.807) is 10.9 Å². The van der Waals surface area contributed by atoms with Gasteiger partial charge in [-0.05, 0) is 0 Å². The van der Waals surface area contributed by atoms with E-state index in [9.17, 15) is 5.11 Å². The third-order valence-corrected chi connectivity index (χ3v) is 1.76. The summed E-state index contributed by atoms with van der Waals surface area (Å²) in [6, 6.07) is 0. The van der Waals surface area contributed by atoms with Crippen LogP contribution in [0.1, 0.15) is 0 Å². The minimum Gasteiger partial charge on any atom is -0.382 e. The van der Waals surface area contributed by atoms with E-state index in [-0.39, 0.29) is 6.61 Å². The van der Waals surface area contributed by atoms with Crippen molar-refractivity contribution in [2.45, 2.75) is 6.54 Å². The standard InChI is InChI=1S/C7H8N5O/c8-6-5-7(10-3-9-6)12(1-2-13)4-11-5/h3-4H,1-2H2,(H2,8,9,10). The van der Waals surface area contributed by atoms with Crippen LogP contribution in [0.3, 0.4) is 0 Å². The van der Waals surface area contributed by atoms with Crippen LogP contribution in [0, 0.1) is 0 Å². The number of anilines is 1. The van der Waals surface area contributed by atoms with Crippen LogP contribution in [-0.2, 0) is 11.7 Å². The van der Waals surface area contributed by atoms with Crippen LogP contribution in [-0.4, -0.2) is 26.1 Å². The lowest BCUT2D eigenvalue weighted by molar-refractivity contribution is 0.181. The van der Waals surface area contributed by atoms with Crippen molar-refractivity contribution in [3.8, 4) is 0 Å². The molecule has 0 aromatic carbocycles. The lowest BCUT2D eigenvalue weighted by Crippen LogP contribution is -2.01. The van der Waals surface area contributed by atoms with Crippen LogP contribution in [0.5, 0.6) is 0 Å². The lowest BCUT2D eigenvalue weighted by atomic mass is 10.5. The number of nitrogen functional groups attached to an aromatic ring is 1. The summed E-state index contributed by atoms with van der Waals surface area (Å²) in [5.41, 5.74) is 6.73. The molecule has 0 unspecified atom stereocenters. The van der Waals surface area contributed by atoms with Gasteiger partial charge in [0, 0.05) is 0 Å². The fraction of sp³-hybridized carbons (Fsp3) is 0.286. The Hall–Kier alpha value is -1.69. The summed E-state index contributed by atoms with van der Waals surface area (Å²) in [4.78, 5) is 11.8. The number of hydrogen-bond donors (Lipinski definition) is 1. The molecule has 0 amide bonds. The Kier molecular flexibility index (Phi) is 1.82. The van der Waals surface area contributed by atoms with Gasteiger partial charge in [0.25, 0.3) is 0 Å². The zero-order valence-electron chi connectivity index (χ0n) is 6.84. The molecule has 6 nitrogen and oxygen atoms in total. The van der Waals surface area contributed by atoms with E-state index in [1.165, 1.54) is 6.33 Å². The largest absolute Gasteiger partial charge is 0.382 e. The predicted octanol–water partition coefficient (Wildman–Crippen LogP) is -0.161. The van der Waals surface area contributed by atoms with Crippen molar-refractivity contribution in [3.05, 3.63) is 12.7 Å². The highest BCUT2D eigenvalue weighted by atomic mass is 16.3. The topological polar surface area (TPSA) is 89.5 Å². The van der Waals surface area contributed by atoms with Crippen molar-refractivity contribution in [3.63, 3.8) is 0 Å². The van der Waals surface area contributed by atoms with Gasteiger partial charge in [-0.15, -0.1) is 0 Å². The first-order chi connectivity index (χ1) is 6.33. The van der Waals surface area contributed by atoms with Crippen LogP contribution < -0.4 is 5.73 Å². The van der Waals surface area contributed by atoms with Gasteiger partial charge in [0.2, 0.25) is 0 Å². The Morgan fingerprint density at radius 3 is 3.00 bits per heavy atom. The maximum Gasteiger partial charge on any atom is 0.165 e. The van der Waals surface area contributed by atoms with Crippen LogP contribution in [0.15, 0.2) is 12.7 Å². The van der Waals surface area contributed by atoms with Crippen LogP contribution in [0.2, 0.25) is 0 Å². The number of imidazole rings is 1. The monoisotopic (exact) mass is 178 g/mol. The third-order valence-electron chi connectivity index (χ3n) is 1.76. The molecule has 0 spiro atoms. The average Bonchev–Trinajstić information content (AvgIpc) is 2.51. The smallest absolute Gasteiger partial charge is 0.165 e. The molecule has 2 rings (SSSR count). The fourth-order valence-corrected chi connectivity index (χ4v) is 1.16. The minimum absolute atomic E-state index is 0.199. The summed E-state index contributed by atoms with van der Waals surface area (Å²) in [7, 11) is 0. The second kappa shape index (κ2) is 2.98. The van der Waals surface area contributed by atoms with Gasteiger partial charge in [-0.25, -0.2) is 20.1 Å². The number of hydrogen-bond acceptors (Lipinski definition) is 4. The molecule has 2 heterocycles. The van der Waals surface area contributed by atoms with E-state index in [1.807, 2.05) is 0 Å². The molecule has 0 fully saturated rings. The molecule has 0 bridgehead atoms. The maximum absolute atomic E-state index is 10.4. The van der Waals surface area contributed by atoms with Gasteiger partial charge in [-0.3, -0.25) is 0 Å². The van der Waals surface area contributed by atoms with Gasteiger partial charge in [0.05, 0.1) is 12.9 Å². The van der Waals surface area contributed by atoms with Crippen molar-refractivity contribution in [1.29, 1.82) is 0 Å². The number of fused-ring (bicyclic) bond motifs is 1. The Morgan fingerprint density at radius 2 is 2.23 bits per heavy atom. The summed E-state index contributed by atoms with van der Waals surface area (Å²) in [6.45, 7) is 0.155. The molecule has 2 aromatic heterocycles. The SMILES string of the molecule is Nc1ncnc2c1ncn2CC[O]. The van der Waals surface area contributed by atoms with Gasteiger partial charge >= 0.3 is 0 Å². The highest BCUT2D eigenvalue weighted by molar-refractivity contribution is 5.80. The summed E-state index contributed by atoms with van der Waals surface area (Å²) in [6.07, 6.45) is 2.91. The van der Waals surface area contributed by atoms with Crippen molar-refractivity contribution in [2.75, 3.05) is 12.3 Å². The Labute approximate surface area is 74.1 Å². The molecule has 2 N–H and O–H groups in total. The molecule has 6 heteroatoms. The second-order valence-electron chi connectivity index (χ2n) is 2.57. The molecule has 0 saturated heterocycles. The molecule has 0 atom stereocenters. The highest BCUT2D eigenvalue weighted by Gasteiger charge is 2.06. The van der Waals surface area contributed by atoms with Gasteiger partial charge in [-0.1, -0.05) is 0 Å². The fourth-order valence-electron chi connectivity index (χ4n) is 1.16. The molecular weight excluding hydrogens is 170 g/mol. The molecule has 13 heavy (non-hydrogen) atoms. The Balaban J connectivity index is 2.61. The molecule has 0 aliphatic rings. The van der Waals surface area contributed by atoms with Crippen LogP contribution in [0.4, 0.5) is 5.82 Å². The molecule has 2 aromatic rings. The van der Waals surface area contributed by atoms with E-state index in [0.29, 0.717) is 23.5 Å². The van der Waals surface area contributed by atoms with Gasteiger partial charge in [0.1, 0.15) is 18.5 Å². The van der Waals surface area contributed by atoms with E-state index in [2.05, 4.69) is 15.0 Å². The Bertz CT molecular complexity index is 424. The van der Waals surface area contributed by atoms with Crippen molar-refractivity contribution in [2.24, 2.45) is 0 Å². The highest BCUT2D eigenvalue weighted by Crippen LogP contribution is 2.13. The van der Waals surface area contributed by atoms with Gasteiger partial charge in [0.15, 0.2) is 11.5 Å². The summed E-state index contributed by atoms with van der Waals surface area (Å²) < 4.78 is 1.67. The van der Waals surface area contributed by atoms with Crippen molar-refractivity contribution < 1.29 is 5.11 Å². The normalized spacial score (nSPS) is 10.8. The molecule has 67 valence electrons. The summed E-state index contributed by atoms with van der Waals surface area (Å²) >= 11 is 0. The molecule has 0 aliphatic heterocycles. The van der Waals surface area contributed by atoms with E-state index in [0.717, 1.165) is 0 Å².